The van der Waals surface area contributed by atoms with Crippen molar-refractivity contribution in [3.05, 3.63) is 82.9 Å². The Bertz CT molecular complexity index is 1570. The van der Waals surface area contributed by atoms with Crippen molar-refractivity contribution < 1.29 is 29.1 Å². The average molecular weight is 715 g/mol. The number of benzene rings is 2. The first-order valence-electron chi connectivity index (χ1n) is 18.7. The maximum absolute atomic E-state index is 14.4. The van der Waals surface area contributed by atoms with Crippen LogP contribution in [0.1, 0.15) is 68.9 Å². The van der Waals surface area contributed by atoms with Crippen molar-refractivity contribution in [3.8, 4) is 0 Å². The number of ketones is 1. The Morgan fingerprint density at radius 3 is 1.94 bits per heavy atom. The van der Waals surface area contributed by atoms with Gasteiger partial charge in [-0.15, -0.1) is 0 Å². The predicted molar refractivity (Wildman–Crippen MR) is 198 cm³/mol. The van der Waals surface area contributed by atoms with Gasteiger partial charge in [0.25, 0.3) is 0 Å². The molecule has 2 aliphatic heterocycles. The van der Waals surface area contributed by atoms with E-state index in [2.05, 4.69) is 10.6 Å². The van der Waals surface area contributed by atoms with Gasteiger partial charge in [-0.25, -0.2) is 0 Å². The van der Waals surface area contributed by atoms with E-state index in [1.54, 1.807) is 4.90 Å². The summed E-state index contributed by atoms with van der Waals surface area (Å²) in [6, 6.07) is 16.4. The zero-order valence-electron chi connectivity index (χ0n) is 30.1. The number of aliphatic carboxylic acids is 1. The molecule has 12 heteroatoms. The quantitative estimate of drug-likeness (QED) is 0.114. The van der Waals surface area contributed by atoms with Crippen LogP contribution in [0.15, 0.2) is 71.8 Å². The summed E-state index contributed by atoms with van der Waals surface area (Å²) in [7, 11) is 0. The van der Waals surface area contributed by atoms with Crippen LogP contribution in [0.2, 0.25) is 0 Å². The molecule has 0 radical (unpaired) electrons. The van der Waals surface area contributed by atoms with E-state index < -0.39 is 35.4 Å². The van der Waals surface area contributed by atoms with Gasteiger partial charge >= 0.3 is 5.97 Å². The van der Waals surface area contributed by atoms with Gasteiger partial charge < -0.3 is 32.1 Å². The van der Waals surface area contributed by atoms with Crippen molar-refractivity contribution in [3.63, 3.8) is 0 Å². The molecule has 5 rings (SSSR count). The van der Waals surface area contributed by atoms with Crippen molar-refractivity contribution in [2.75, 3.05) is 39.3 Å². The fraction of sp³-hybridized carbons (Fsp3) is 0.525. The molecule has 1 fully saturated rings. The van der Waals surface area contributed by atoms with E-state index in [0.717, 1.165) is 41.5 Å². The number of nitrogens with zero attached hydrogens (tertiary/aromatic N) is 2. The SMILES string of the molecule is NCCCCC(NC(=O)C1(CC(=O)C(Cc2ccccc2)NC(=O)C(N)Cc2ccccc2)CCCCC1)C(=O)N1CC2=C(CN(CC(=O)O)C2)C1. The summed E-state index contributed by atoms with van der Waals surface area (Å²) in [6.07, 6.45) is 5.82. The predicted octanol–water partition coefficient (Wildman–Crippen LogP) is 2.35. The van der Waals surface area contributed by atoms with E-state index in [4.69, 9.17) is 11.5 Å². The first kappa shape index (κ1) is 38.8. The molecule has 12 nitrogen and oxygen atoms in total. The molecule has 1 saturated carbocycles. The average Bonchev–Trinajstić information content (AvgIpc) is 3.70. The molecule has 52 heavy (non-hydrogen) atoms. The summed E-state index contributed by atoms with van der Waals surface area (Å²) < 4.78 is 0. The fourth-order valence-corrected chi connectivity index (χ4v) is 7.90. The van der Waals surface area contributed by atoms with E-state index in [9.17, 15) is 29.1 Å². The number of carbonyl (C=O) groups excluding carboxylic acids is 4. The van der Waals surface area contributed by atoms with Crippen LogP contribution in [0.3, 0.4) is 0 Å². The van der Waals surface area contributed by atoms with E-state index in [1.165, 1.54) is 0 Å². The lowest BCUT2D eigenvalue weighted by Gasteiger charge is -2.38. The van der Waals surface area contributed by atoms with E-state index >= 15 is 0 Å². The van der Waals surface area contributed by atoms with Crippen LogP contribution >= 0.6 is 0 Å². The molecule has 3 amide bonds. The maximum atomic E-state index is 14.4. The van der Waals surface area contributed by atoms with Crippen LogP contribution in [0, 0.1) is 5.41 Å². The lowest BCUT2D eigenvalue weighted by Crippen LogP contribution is -2.55. The third-order valence-corrected chi connectivity index (χ3v) is 10.7. The topological polar surface area (TPSA) is 188 Å². The van der Waals surface area contributed by atoms with Crippen LogP contribution in [0.5, 0.6) is 0 Å². The Labute approximate surface area is 306 Å². The molecule has 3 aliphatic rings. The van der Waals surface area contributed by atoms with Gasteiger partial charge in [-0.3, -0.25) is 28.9 Å². The summed E-state index contributed by atoms with van der Waals surface area (Å²) in [6.45, 7) is 2.26. The highest BCUT2D eigenvalue weighted by molar-refractivity contribution is 5.96. The van der Waals surface area contributed by atoms with Crippen LogP contribution in [-0.2, 0) is 36.8 Å². The Kier molecular flexibility index (Phi) is 13.7. The first-order valence-corrected chi connectivity index (χ1v) is 18.7. The van der Waals surface area contributed by atoms with Crippen LogP contribution in [0.25, 0.3) is 0 Å². The molecular formula is C40H54N6O6. The third kappa shape index (κ3) is 10.4. The van der Waals surface area contributed by atoms with E-state index in [1.807, 2.05) is 65.6 Å². The molecule has 280 valence electrons. The summed E-state index contributed by atoms with van der Waals surface area (Å²) in [5, 5.41) is 15.3. The number of carbonyl (C=O) groups is 5. The Morgan fingerprint density at radius 2 is 1.37 bits per heavy atom. The van der Waals surface area contributed by atoms with Crippen LogP contribution in [0.4, 0.5) is 0 Å². The summed E-state index contributed by atoms with van der Waals surface area (Å²) >= 11 is 0. The monoisotopic (exact) mass is 714 g/mol. The number of hydrogen-bond donors (Lipinski definition) is 5. The van der Waals surface area contributed by atoms with Gasteiger partial charge in [-0.1, -0.05) is 79.9 Å². The largest absolute Gasteiger partial charge is 0.480 e. The standard InChI is InChI=1S/C40H54N6O6/c41-19-11-8-16-33(38(51)46-25-30-23-45(27-36(48)49)24-31(30)26-46)44-39(52)40(17-9-3-10-18-40)22-35(47)34(21-29-14-6-2-7-15-29)43-37(50)32(42)20-28-12-4-1-5-13-28/h1-2,4-7,12-15,32-34H,3,8-11,16-27,41-42H2,(H,43,50)(H,44,52)(H,48,49). The van der Waals surface area contributed by atoms with Crippen molar-refractivity contribution in [1.82, 2.24) is 20.4 Å². The molecule has 0 saturated heterocycles. The molecule has 2 aromatic carbocycles. The zero-order valence-corrected chi connectivity index (χ0v) is 30.1. The van der Waals surface area contributed by atoms with Crippen LogP contribution in [-0.4, -0.2) is 102 Å². The number of carboxylic acid groups (broad SMARTS) is 1. The fourth-order valence-electron chi connectivity index (χ4n) is 7.90. The second kappa shape index (κ2) is 18.4. The van der Waals surface area contributed by atoms with Crippen molar-refractivity contribution in [2.24, 2.45) is 16.9 Å². The molecule has 3 unspecified atom stereocenters. The molecule has 1 aliphatic carbocycles. The molecule has 3 atom stereocenters. The summed E-state index contributed by atoms with van der Waals surface area (Å²) in [5.41, 5.74) is 15.0. The number of amides is 3. The van der Waals surface area contributed by atoms with Crippen molar-refractivity contribution in [2.45, 2.75) is 88.8 Å². The third-order valence-electron chi connectivity index (χ3n) is 10.7. The van der Waals surface area contributed by atoms with Crippen LogP contribution < -0.4 is 22.1 Å². The first-order chi connectivity index (χ1) is 25.1. The van der Waals surface area contributed by atoms with Gasteiger partial charge in [0.2, 0.25) is 17.7 Å². The number of unbranched alkanes of at least 4 members (excludes halogenated alkanes) is 1. The highest BCUT2D eigenvalue weighted by atomic mass is 16.4. The summed E-state index contributed by atoms with van der Waals surface area (Å²) in [5.74, 6) is -2.03. The second-order valence-corrected chi connectivity index (χ2v) is 14.8. The molecule has 0 aromatic heterocycles. The summed E-state index contributed by atoms with van der Waals surface area (Å²) in [4.78, 5) is 71.0. The van der Waals surface area contributed by atoms with E-state index in [0.29, 0.717) is 71.2 Å². The smallest absolute Gasteiger partial charge is 0.317 e. The number of nitrogens with one attached hydrogen (secondary N) is 2. The van der Waals surface area contributed by atoms with Gasteiger partial charge in [0, 0.05) is 32.6 Å². The number of Topliss-reactive ketones (excluding diaryl/α,β-unsaturated/α-hetero) is 1. The maximum Gasteiger partial charge on any atom is 0.317 e. The lowest BCUT2D eigenvalue weighted by atomic mass is 9.69. The second-order valence-electron chi connectivity index (χ2n) is 14.8. The van der Waals surface area contributed by atoms with Gasteiger partial charge in [0.15, 0.2) is 5.78 Å². The molecule has 2 heterocycles. The van der Waals surface area contributed by atoms with Gasteiger partial charge in [-0.05, 0) is 73.8 Å². The lowest BCUT2D eigenvalue weighted by molar-refractivity contribution is -0.143. The number of hydrogen-bond acceptors (Lipinski definition) is 8. The highest BCUT2D eigenvalue weighted by Gasteiger charge is 2.45. The molecule has 7 N–H and O–H groups in total. The van der Waals surface area contributed by atoms with Gasteiger partial charge in [-0.2, -0.15) is 0 Å². The molecular weight excluding hydrogens is 660 g/mol. The Hall–Kier alpha value is -4.39. The number of carboxylic acids is 1. The van der Waals surface area contributed by atoms with Crippen molar-refractivity contribution >= 4 is 29.5 Å². The van der Waals surface area contributed by atoms with E-state index in [-0.39, 0.29) is 37.0 Å². The highest BCUT2D eigenvalue weighted by Crippen LogP contribution is 2.40. The van der Waals surface area contributed by atoms with Gasteiger partial charge in [0.1, 0.15) is 6.04 Å². The normalized spacial score (nSPS) is 18.7. The molecule has 2 aromatic rings. The van der Waals surface area contributed by atoms with Gasteiger partial charge in [0.05, 0.1) is 24.0 Å². The number of rotatable bonds is 18. The minimum absolute atomic E-state index is 0.0457. The molecule has 0 spiro atoms. The zero-order chi connectivity index (χ0) is 37.1. The minimum atomic E-state index is -1.02. The van der Waals surface area contributed by atoms with Crippen molar-refractivity contribution in [1.29, 1.82) is 0 Å². The number of nitrogens with two attached hydrogens (primary N) is 2. The molecule has 0 bridgehead atoms. The minimum Gasteiger partial charge on any atom is -0.480 e. The Morgan fingerprint density at radius 1 is 0.769 bits per heavy atom. The Balaban J connectivity index is 1.30.